The first kappa shape index (κ1) is 13.8. The van der Waals surface area contributed by atoms with Crippen molar-refractivity contribution in [2.24, 2.45) is 5.92 Å². The lowest BCUT2D eigenvalue weighted by Crippen LogP contribution is -2.50. The van der Waals surface area contributed by atoms with Crippen LogP contribution in [0.5, 0.6) is 0 Å². The van der Waals surface area contributed by atoms with Gasteiger partial charge in [-0.2, -0.15) is 0 Å². The van der Waals surface area contributed by atoms with Crippen molar-refractivity contribution in [2.45, 2.75) is 44.2 Å². The molecule has 1 aromatic heterocycles. The van der Waals surface area contributed by atoms with Crippen molar-refractivity contribution < 1.29 is 5.11 Å². The van der Waals surface area contributed by atoms with Crippen LogP contribution in [-0.4, -0.2) is 34.2 Å². The Labute approximate surface area is 137 Å². The van der Waals surface area contributed by atoms with E-state index in [1.165, 1.54) is 48.0 Å². The second-order valence-corrected chi connectivity index (χ2v) is 7.40. The Kier molecular flexibility index (Phi) is 3.14. The Hall–Kier alpha value is -1.58. The van der Waals surface area contributed by atoms with Gasteiger partial charge in [-0.1, -0.05) is 24.3 Å². The van der Waals surface area contributed by atoms with Crippen LogP contribution in [0.1, 0.15) is 43.0 Å². The number of aliphatic hydroxyl groups is 1. The Morgan fingerprint density at radius 1 is 1.13 bits per heavy atom. The average molecular weight is 308 g/mol. The maximum Gasteiger partial charge on any atom is 0.0641 e. The molecule has 5 rings (SSSR count). The zero-order valence-corrected chi connectivity index (χ0v) is 13.5. The molecule has 0 bridgehead atoms. The third-order valence-electron chi connectivity index (χ3n) is 6.31. The SMILES string of the molecule is OCC1=CC2CCC3c4[nH]c5ccccc5c4CCN3C2CC1. The summed E-state index contributed by atoms with van der Waals surface area (Å²) in [4.78, 5) is 6.49. The highest BCUT2D eigenvalue weighted by molar-refractivity contribution is 5.85. The number of aromatic amines is 1. The minimum absolute atomic E-state index is 0.249. The molecule has 2 aromatic rings. The predicted octanol–water partition coefficient (Wildman–Crippen LogP) is 3.56. The van der Waals surface area contributed by atoms with Crippen LogP contribution in [-0.2, 0) is 6.42 Å². The lowest BCUT2D eigenvalue weighted by atomic mass is 9.75. The van der Waals surface area contributed by atoms with Crippen LogP contribution in [0.3, 0.4) is 0 Å². The molecule has 3 unspecified atom stereocenters. The molecule has 3 heterocycles. The summed E-state index contributed by atoms with van der Waals surface area (Å²) in [5.74, 6) is 0.646. The monoisotopic (exact) mass is 308 g/mol. The third kappa shape index (κ3) is 2.03. The molecule has 1 fully saturated rings. The normalized spacial score (nSPS) is 30.5. The molecule has 1 saturated heterocycles. The second kappa shape index (κ2) is 5.22. The molecule has 0 radical (unpaired) electrons. The van der Waals surface area contributed by atoms with Gasteiger partial charge in [-0.25, -0.2) is 0 Å². The molecule has 120 valence electrons. The highest BCUT2D eigenvalue weighted by Crippen LogP contribution is 2.46. The topological polar surface area (TPSA) is 39.3 Å². The Balaban J connectivity index is 1.52. The Morgan fingerprint density at radius 2 is 2.04 bits per heavy atom. The summed E-state index contributed by atoms with van der Waals surface area (Å²) in [6.45, 7) is 1.43. The van der Waals surface area contributed by atoms with Gasteiger partial charge in [-0.15, -0.1) is 0 Å². The molecule has 2 aliphatic heterocycles. The number of piperidine rings is 1. The van der Waals surface area contributed by atoms with Gasteiger partial charge in [-0.05, 0) is 55.2 Å². The van der Waals surface area contributed by atoms with Crippen molar-refractivity contribution >= 4 is 10.9 Å². The largest absolute Gasteiger partial charge is 0.392 e. The summed E-state index contributed by atoms with van der Waals surface area (Å²) in [6, 6.07) is 9.99. The van der Waals surface area contributed by atoms with Crippen LogP contribution in [0.25, 0.3) is 10.9 Å². The zero-order valence-electron chi connectivity index (χ0n) is 13.5. The van der Waals surface area contributed by atoms with Crippen molar-refractivity contribution in [3.63, 3.8) is 0 Å². The molecule has 3 nitrogen and oxygen atoms in total. The molecule has 23 heavy (non-hydrogen) atoms. The minimum atomic E-state index is 0.249. The third-order valence-corrected chi connectivity index (χ3v) is 6.31. The van der Waals surface area contributed by atoms with Crippen molar-refractivity contribution in [3.05, 3.63) is 47.2 Å². The molecule has 1 aliphatic carbocycles. The van der Waals surface area contributed by atoms with E-state index in [9.17, 15) is 5.11 Å². The van der Waals surface area contributed by atoms with Crippen molar-refractivity contribution in [2.75, 3.05) is 13.2 Å². The van der Waals surface area contributed by atoms with Gasteiger partial charge in [0.25, 0.3) is 0 Å². The fourth-order valence-corrected chi connectivity index (χ4v) is 5.26. The summed E-state index contributed by atoms with van der Waals surface area (Å²) >= 11 is 0. The van der Waals surface area contributed by atoms with E-state index in [-0.39, 0.29) is 6.61 Å². The first-order valence-electron chi connectivity index (χ1n) is 9.01. The molecule has 3 aliphatic rings. The van der Waals surface area contributed by atoms with Crippen LogP contribution in [0.2, 0.25) is 0 Å². The van der Waals surface area contributed by atoms with Gasteiger partial charge in [-0.3, -0.25) is 4.90 Å². The summed E-state index contributed by atoms with van der Waals surface area (Å²) < 4.78 is 0. The molecular weight excluding hydrogens is 284 g/mol. The summed E-state index contributed by atoms with van der Waals surface area (Å²) in [5.41, 5.74) is 5.59. The smallest absolute Gasteiger partial charge is 0.0641 e. The molecule has 0 spiro atoms. The number of hydrogen-bond donors (Lipinski definition) is 2. The van der Waals surface area contributed by atoms with Gasteiger partial charge >= 0.3 is 0 Å². The summed E-state index contributed by atoms with van der Waals surface area (Å²) in [5, 5.41) is 10.9. The van der Waals surface area contributed by atoms with Crippen molar-refractivity contribution in [1.82, 2.24) is 9.88 Å². The van der Waals surface area contributed by atoms with E-state index in [0.29, 0.717) is 18.0 Å². The number of fused-ring (bicyclic) bond motifs is 7. The number of rotatable bonds is 1. The first-order valence-corrected chi connectivity index (χ1v) is 9.01. The van der Waals surface area contributed by atoms with Crippen LogP contribution in [0.4, 0.5) is 0 Å². The molecule has 2 N–H and O–H groups in total. The van der Waals surface area contributed by atoms with Gasteiger partial charge < -0.3 is 10.1 Å². The molecule has 3 heteroatoms. The van der Waals surface area contributed by atoms with Crippen LogP contribution in [0, 0.1) is 5.92 Å². The molecule has 3 atom stereocenters. The van der Waals surface area contributed by atoms with Gasteiger partial charge in [0.1, 0.15) is 0 Å². The fraction of sp³-hybridized carbons (Fsp3) is 0.500. The lowest BCUT2D eigenvalue weighted by molar-refractivity contribution is 0.0357. The minimum Gasteiger partial charge on any atom is -0.392 e. The fourth-order valence-electron chi connectivity index (χ4n) is 5.26. The number of H-pyrrole nitrogens is 1. The Bertz CT molecular complexity index is 775. The van der Waals surface area contributed by atoms with Crippen LogP contribution < -0.4 is 0 Å². The second-order valence-electron chi connectivity index (χ2n) is 7.40. The predicted molar refractivity (Wildman–Crippen MR) is 92.4 cm³/mol. The van der Waals surface area contributed by atoms with Gasteiger partial charge in [0.15, 0.2) is 0 Å². The van der Waals surface area contributed by atoms with Gasteiger partial charge in [0.2, 0.25) is 0 Å². The highest BCUT2D eigenvalue weighted by Gasteiger charge is 2.41. The van der Waals surface area contributed by atoms with E-state index in [1.807, 2.05) is 0 Å². The molecular formula is C20H24N2O. The summed E-state index contributed by atoms with van der Waals surface area (Å²) in [6.07, 6.45) is 8.31. The maximum atomic E-state index is 9.44. The number of benzene rings is 1. The van der Waals surface area contributed by atoms with Crippen molar-refractivity contribution in [3.8, 4) is 0 Å². The maximum absolute atomic E-state index is 9.44. The number of para-hydroxylation sites is 1. The quantitative estimate of drug-likeness (QED) is 0.791. The average Bonchev–Trinajstić information content (AvgIpc) is 2.99. The van der Waals surface area contributed by atoms with Crippen molar-refractivity contribution in [1.29, 1.82) is 0 Å². The number of aromatic nitrogens is 1. The first-order chi connectivity index (χ1) is 11.3. The van der Waals surface area contributed by atoms with Crippen LogP contribution in [0.15, 0.2) is 35.9 Å². The van der Waals surface area contributed by atoms with E-state index < -0.39 is 0 Å². The van der Waals surface area contributed by atoms with Gasteiger partial charge in [0, 0.05) is 29.2 Å². The lowest BCUT2D eigenvalue weighted by Gasteiger charge is -2.49. The number of aliphatic hydroxyl groups excluding tert-OH is 1. The standard InChI is InChI=1S/C20H24N2O/c23-12-13-5-7-18-14(11-13)6-8-19-20-16(9-10-22(18)19)15-3-1-2-4-17(15)21-20/h1-4,11,14,18-19,21,23H,5-10,12H2. The molecule has 1 aromatic carbocycles. The van der Waals surface area contributed by atoms with Crippen LogP contribution >= 0.6 is 0 Å². The zero-order chi connectivity index (χ0) is 15.4. The number of hydrogen-bond acceptors (Lipinski definition) is 2. The number of nitrogens with one attached hydrogen (secondary N) is 1. The van der Waals surface area contributed by atoms with E-state index in [1.54, 1.807) is 5.56 Å². The molecule has 0 amide bonds. The number of nitrogens with zero attached hydrogens (tertiary/aromatic N) is 1. The van der Waals surface area contributed by atoms with Gasteiger partial charge in [0.05, 0.1) is 12.6 Å². The Morgan fingerprint density at radius 3 is 2.96 bits per heavy atom. The van der Waals surface area contributed by atoms with E-state index in [2.05, 4.69) is 40.2 Å². The van der Waals surface area contributed by atoms with E-state index >= 15 is 0 Å². The highest BCUT2D eigenvalue weighted by atomic mass is 16.3. The van der Waals surface area contributed by atoms with E-state index in [0.717, 1.165) is 12.8 Å². The molecule has 0 saturated carbocycles. The van der Waals surface area contributed by atoms with E-state index in [4.69, 9.17) is 0 Å². The summed E-state index contributed by atoms with van der Waals surface area (Å²) in [7, 11) is 0.